The summed E-state index contributed by atoms with van der Waals surface area (Å²) in [5.41, 5.74) is 1.27. The van der Waals surface area contributed by atoms with Crippen molar-refractivity contribution in [2.45, 2.75) is 0 Å². The molecule has 7 nitrogen and oxygen atoms in total. The Kier molecular flexibility index (Phi) is 5.87. The van der Waals surface area contributed by atoms with E-state index in [-0.39, 0.29) is 5.91 Å². The predicted octanol–water partition coefficient (Wildman–Crippen LogP) is 3.94. The van der Waals surface area contributed by atoms with Gasteiger partial charge in [0, 0.05) is 26.2 Å². The zero-order valence-electron chi connectivity index (χ0n) is 17.0. The van der Waals surface area contributed by atoms with Gasteiger partial charge in [-0.25, -0.2) is 4.98 Å². The molecule has 1 aromatic heterocycles. The molecule has 2 heterocycles. The van der Waals surface area contributed by atoms with E-state index in [9.17, 15) is 4.79 Å². The summed E-state index contributed by atoms with van der Waals surface area (Å²) in [6.45, 7) is 2.52. The Balaban J connectivity index is 1.51. The number of fused-ring (bicyclic) bond motifs is 1. The quantitative estimate of drug-likeness (QED) is 0.590. The number of rotatable bonds is 5. The summed E-state index contributed by atoms with van der Waals surface area (Å²) in [6, 6.07) is 8.98. The second-order valence-corrected chi connectivity index (χ2v) is 8.13. The lowest BCUT2D eigenvalue weighted by Crippen LogP contribution is -2.48. The van der Waals surface area contributed by atoms with Gasteiger partial charge in [0.25, 0.3) is 5.91 Å². The highest BCUT2D eigenvalue weighted by Crippen LogP contribution is 2.39. The van der Waals surface area contributed by atoms with Crippen LogP contribution in [0.2, 0.25) is 5.02 Å². The molecule has 4 rings (SSSR count). The summed E-state index contributed by atoms with van der Waals surface area (Å²) in [5, 5.41) is 1.54. The number of benzene rings is 2. The second-order valence-electron chi connectivity index (χ2n) is 6.74. The van der Waals surface area contributed by atoms with E-state index >= 15 is 0 Å². The molecule has 1 aliphatic rings. The highest BCUT2D eigenvalue weighted by atomic mass is 35.5. The standard InChI is InChI=1S/C21H22ClN3O4S/c1-27-15-8-7-14(22)19-17(15)23-21(30-19)25-11-9-24(10-12-25)20(26)13-5-4-6-16(28-2)18(13)29-3/h4-8H,9-12H2,1-3H3. The number of carbonyl (C=O) groups excluding carboxylic acids is 1. The Bertz CT molecular complexity index is 1080. The van der Waals surface area contributed by atoms with E-state index in [0.717, 1.165) is 15.3 Å². The third-order valence-corrected chi connectivity index (χ3v) is 6.71. The first-order chi connectivity index (χ1) is 14.6. The number of para-hydroxylation sites is 1. The number of thiazole rings is 1. The number of hydrogen-bond acceptors (Lipinski definition) is 7. The van der Waals surface area contributed by atoms with E-state index in [1.54, 1.807) is 39.5 Å². The molecular weight excluding hydrogens is 426 g/mol. The smallest absolute Gasteiger partial charge is 0.257 e. The number of amides is 1. The van der Waals surface area contributed by atoms with Crippen LogP contribution in [0.25, 0.3) is 10.2 Å². The fourth-order valence-electron chi connectivity index (χ4n) is 3.57. The van der Waals surface area contributed by atoms with Crippen molar-refractivity contribution in [1.29, 1.82) is 0 Å². The van der Waals surface area contributed by atoms with Crippen molar-refractivity contribution < 1.29 is 19.0 Å². The summed E-state index contributed by atoms with van der Waals surface area (Å²) < 4.78 is 17.1. The van der Waals surface area contributed by atoms with Crippen LogP contribution in [0.4, 0.5) is 5.13 Å². The van der Waals surface area contributed by atoms with Gasteiger partial charge in [-0.3, -0.25) is 4.79 Å². The molecule has 0 spiro atoms. The number of carbonyl (C=O) groups is 1. The first-order valence-electron chi connectivity index (χ1n) is 9.45. The third-order valence-electron chi connectivity index (χ3n) is 5.14. The molecule has 1 amide bonds. The number of hydrogen-bond donors (Lipinski definition) is 0. The summed E-state index contributed by atoms with van der Waals surface area (Å²) in [5.74, 6) is 1.64. The van der Waals surface area contributed by atoms with E-state index in [4.69, 9.17) is 30.8 Å². The van der Waals surface area contributed by atoms with Gasteiger partial charge in [-0.1, -0.05) is 29.0 Å². The Morgan fingerprint density at radius 2 is 1.73 bits per heavy atom. The third kappa shape index (κ3) is 3.61. The monoisotopic (exact) mass is 447 g/mol. The van der Waals surface area contributed by atoms with E-state index < -0.39 is 0 Å². The Morgan fingerprint density at radius 1 is 1.00 bits per heavy atom. The van der Waals surface area contributed by atoms with E-state index in [1.165, 1.54) is 11.3 Å². The van der Waals surface area contributed by atoms with Gasteiger partial charge in [-0.2, -0.15) is 0 Å². The maximum atomic E-state index is 13.1. The van der Waals surface area contributed by atoms with Crippen LogP contribution >= 0.6 is 22.9 Å². The molecule has 3 aromatic rings. The van der Waals surface area contributed by atoms with E-state index in [2.05, 4.69) is 4.90 Å². The SMILES string of the molecule is COc1cccc(C(=O)N2CCN(c3nc4c(OC)ccc(Cl)c4s3)CC2)c1OC. The van der Waals surface area contributed by atoms with Crippen molar-refractivity contribution in [3.05, 3.63) is 40.9 Å². The molecule has 0 aliphatic carbocycles. The van der Waals surface area contributed by atoms with Crippen LogP contribution < -0.4 is 19.1 Å². The molecule has 0 radical (unpaired) electrons. The van der Waals surface area contributed by atoms with Crippen LogP contribution in [-0.4, -0.2) is 63.3 Å². The molecule has 1 saturated heterocycles. The predicted molar refractivity (Wildman–Crippen MR) is 119 cm³/mol. The highest BCUT2D eigenvalue weighted by molar-refractivity contribution is 7.22. The van der Waals surface area contributed by atoms with Crippen molar-refractivity contribution in [2.75, 3.05) is 52.4 Å². The van der Waals surface area contributed by atoms with Crippen LogP contribution in [0.1, 0.15) is 10.4 Å². The van der Waals surface area contributed by atoms with Gasteiger partial charge in [-0.05, 0) is 24.3 Å². The van der Waals surface area contributed by atoms with Gasteiger partial charge in [0.15, 0.2) is 16.6 Å². The summed E-state index contributed by atoms with van der Waals surface area (Å²) in [7, 11) is 4.72. The first-order valence-corrected chi connectivity index (χ1v) is 10.6. The van der Waals surface area contributed by atoms with E-state index in [1.807, 2.05) is 17.0 Å². The van der Waals surface area contributed by atoms with Gasteiger partial charge in [0.05, 0.1) is 36.6 Å². The Labute approximate surface area is 183 Å². The number of piperazine rings is 1. The average Bonchev–Trinajstić information content (AvgIpc) is 3.25. The molecule has 30 heavy (non-hydrogen) atoms. The first kappa shape index (κ1) is 20.6. The molecule has 158 valence electrons. The number of halogens is 1. The lowest BCUT2D eigenvalue weighted by atomic mass is 10.1. The van der Waals surface area contributed by atoms with Crippen LogP contribution in [0.3, 0.4) is 0 Å². The molecular formula is C21H22ClN3O4S. The largest absolute Gasteiger partial charge is 0.494 e. The summed E-state index contributed by atoms with van der Waals surface area (Å²) >= 11 is 7.89. The van der Waals surface area contributed by atoms with Crippen molar-refractivity contribution in [1.82, 2.24) is 9.88 Å². The molecule has 9 heteroatoms. The molecule has 0 N–H and O–H groups in total. The molecule has 1 aliphatic heterocycles. The molecule has 1 fully saturated rings. The number of aromatic nitrogens is 1. The minimum Gasteiger partial charge on any atom is -0.494 e. The minimum atomic E-state index is -0.0700. The highest BCUT2D eigenvalue weighted by Gasteiger charge is 2.27. The van der Waals surface area contributed by atoms with Gasteiger partial charge in [-0.15, -0.1) is 0 Å². The fourth-order valence-corrected chi connectivity index (χ4v) is 4.88. The van der Waals surface area contributed by atoms with Crippen LogP contribution in [0.5, 0.6) is 17.2 Å². The zero-order chi connectivity index (χ0) is 21.3. The van der Waals surface area contributed by atoms with Gasteiger partial charge in [0.1, 0.15) is 11.3 Å². The maximum absolute atomic E-state index is 13.1. The topological polar surface area (TPSA) is 64.1 Å². The molecule has 0 atom stereocenters. The number of anilines is 1. The molecule has 0 bridgehead atoms. The van der Waals surface area contributed by atoms with Crippen molar-refractivity contribution in [3.63, 3.8) is 0 Å². The molecule has 0 unspecified atom stereocenters. The Morgan fingerprint density at radius 3 is 2.40 bits per heavy atom. The molecule has 0 saturated carbocycles. The van der Waals surface area contributed by atoms with E-state index in [0.29, 0.717) is 54.0 Å². The summed E-state index contributed by atoms with van der Waals surface area (Å²) in [6.07, 6.45) is 0. The van der Waals surface area contributed by atoms with Crippen LogP contribution in [0, 0.1) is 0 Å². The zero-order valence-corrected chi connectivity index (χ0v) is 18.5. The lowest BCUT2D eigenvalue weighted by molar-refractivity contribution is 0.0742. The summed E-state index contributed by atoms with van der Waals surface area (Å²) in [4.78, 5) is 21.8. The van der Waals surface area contributed by atoms with Gasteiger partial charge < -0.3 is 24.0 Å². The van der Waals surface area contributed by atoms with Crippen molar-refractivity contribution in [3.8, 4) is 17.2 Å². The van der Waals surface area contributed by atoms with Crippen molar-refractivity contribution in [2.24, 2.45) is 0 Å². The van der Waals surface area contributed by atoms with Gasteiger partial charge in [0.2, 0.25) is 0 Å². The average molecular weight is 448 g/mol. The Hall–Kier alpha value is -2.71. The maximum Gasteiger partial charge on any atom is 0.257 e. The minimum absolute atomic E-state index is 0.0700. The van der Waals surface area contributed by atoms with Gasteiger partial charge >= 0.3 is 0 Å². The fraction of sp³-hybridized carbons (Fsp3) is 0.333. The number of methoxy groups -OCH3 is 3. The lowest BCUT2D eigenvalue weighted by Gasteiger charge is -2.34. The van der Waals surface area contributed by atoms with Crippen LogP contribution in [-0.2, 0) is 0 Å². The normalized spacial score (nSPS) is 14.1. The second kappa shape index (κ2) is 8.57. The van der Waals surface area contributed by atoms with Crippen molar-refractivity contribution >= 4 is 44.2 Å². The van der Waals surface area contributed by atoms with Crippen LogP contribution in [0.15, 0.2) is 30.3 Å². The number of ether oxygens (including phenoxy) is 3. The molecule has 2 aromatic carbocycles. The number of nitrogens with zero attached hydrogens (tertiary/aromatic N) is 3.